The van der Waals surface area contributed by atoms with Gasteiger partial charge in [-0.2, -0.15) is 0 Å². The van der Waals surface area contributed by atoms with Gasteiger partial charge in [-0.1, -0.05) is 24.3 Å². The van der Waals surface area contributed by atoms with Crippen LogP contribution >= 0.6 is 0 Å². The number of ether oxygens (including phenoxy) is 1. The Morgan fingerprint density at radius 2 is 1.82 bits per heavy atom. The van der Waals surface area contributed by atoms with Gasteiger partial charge in [0.1, 0.15) is 24.1 Å². The highest BCUT2D eigenvalue weighted by atomic mass is 32.2. The molecule has 2 N–H and O–H groups in total. The molecule has 3 heterocycles. The molecular formula is C23H21N5O4S. The van der Waals surface area contributed by atoms with Crippen molar-refractivity contribution in [3.8, 4) is 11.3 Å². The second-order valence-corrected chi connectivity index (χ2v) is 9.30. The van der Waals surface area contributed by atoms with E-state index in [0.717, 1.165) is 41.2 Å². The molecule has 9 nitrogen and oxygen atoms in total. The standard InChI is InChI=1S/C23H21N5O4S/c29-14-16-2-1-3-19(12-16)33(30,31)27-18-6-4-17(5-7-18)21-13-20-22(26-21)24-15-25-23(20)28-8-10-32-11-9-28/h1-7,12-15,27H,8-11H2,(H,24,25,26). The summed E-state index contributed by atoms with van der Waals surface area (Å²) >= 11 is 0. The Bertz CT molecular complexity index is 1410. The molecule has 10 heteroatoms. The Labute approximate surface area is 190 Å². The molecule has 1 aliphatic heterocycles. The van der Waals surface area contributed by atoms with Crippen LogP contribution in [0, 0.1) is 0 Å². The third kappa shape index (κ3) is 4.30. The number of hydrogen-bond acceptors (Lipinski definition) is 7. The number of carbonyl (C=O) groups excluding carboxylic acids is 1. The quantitative estimate of drug-likeness (QED) is 0.422. The molecule has 1 saturated heterocycles. The van der Waals surface area contributed by atoms with Crippen molar-refractivity contribution >= 4 is 38.8 Å². The van der Waals surface area contributed by atoms with E-state index < -0.39 is 10.0 Å². The molecule has 0 amide bonds. The van der Waals surface area contributed by atoms with E-state index in [4.69, 9.17) is 4.74 Å². The molecule has 2 aromatic heterocycles. The van der Waals surface area contributed by atoms with Gasteiger partial charge in [0, 0.05) is 30.0 Å². The van der Waals surface area contributed by atoms with Gasteiger partial charge in [0.05, 0.1) is 23.5 Å². The van der Waals surface area contributed by atoms with Gasteiger partial charge in [0.2, 0.25) is 0 Å². The van der Waals surface area contributed by atoms with E-state index in [1.807, 2.05) is 18.2 Å². The van der Waals surface area contributed by atoms with Crippen LogP contribution in [-0.4, -0.2) is 56.0 Å². The highest BCUT2D eigenvalue weighted by Crippen LogP contribution is 2.30. The Morgan fingerprint density at radius 1 is 1.03 bits per heavy atom. The maximum atomic E-state index is 12.7. The number of rotatable bonds is 6. The third-order valence-corrected chi connectivity index (χ3v) is 6.85. The van der Waals surface area contributed by atoms with Gasteiger partial charge in [-0.05, 0) is 35.9 Å². The summed E-state index contributed by atoms with van der Waals surface area (Å²) < 4.78 is 33.3. The number of nitrogens with one attached hydrogen (secondary N) is 2. The molecule has 4 aromatic rings. The van der Waals surface area contributed by atoms with Crippen molar-refractivity contribution in [2.45, 2.75) is 4.90 Å². The van der Waals surface area contributed by atoms with E-state index in [-0.39, 0.29) is 4.90 Å². The van der Waals surface area contributed by atoms with Crippen LogP contribution in [0.3, 0.4) is 0 Å². The molecule has 33 heavy (non-hydrogen) atoms. The van der Waals surface area contributed by atoms with E-state index in [1.165, 1.54) is 18.2 Å². The van der Waals surface area contributed by atoms with E-state index in [1.54, 1.807) is 24.5 Å². The Balaban J connectivity index is 1.40. The molecule has 0 aliphatic carbocycles. The molecule has 2 aromatic carbocycles. The second kappa shape index (κ2) is 8.64. The minimum Gasteiger partial charge on any atom is -0.378 e. The number of nitrogens with zero attached hydrogens (tertiary/aromatic N) is 3. The zero-order chi connectivity index (χ0) is 22.8. The van der Waals surface area contributed by atoms with Gasteiger partial charge in [-0.15, -0.1) is 0 Å². The van der Waals surface area contributed by atoms with Gasteiger partial charge >= 0.3 is 0 Å². The summed E-state index contributed by atoms with van der Waals surface area (Å²) in [7, 11) is -3.81. The van der Waals surface area contributed by atoms with Gasteiger partial charge in [-0.3, -0.25) is 9.52 Å². The number of hydrogen-bond donors (Lipinski definition) is 2. The fraction of sp³-hybridized carbons (Fsp3) is 0.174. The predicted molar refractivity (Wildman–Crippen MR) is 125 cm³/mol. The Morgan fingerprint density at radius 3 is 2.58 bits per heavy atom. The predicted octanol–water partition coefficient (Wildman–Crippen LogP) is 3.07. The van der Waals surface area contributed by atoms with Crippen molar-refractivity contribution in [2.24, 2.45) is 0 Å². The maximum Gasteiger partial charge on any atom is 0.261 e. The first-order valence-corrected chi connectivity index (χ1v) is 11.9. The van der Waals surface area contributed by atoms with E-state index in [9.17, 15) is 13.2 Å². The third-order valence-electron chi connectivity index (χ3n) is 5.47. The summed E-state index contributed by atoms with van der Waals surface area (Å²) in [5.41, 5.74) is 3.19. The smallest absolute Gasteiger partial charge is 0.261 e. The first-order chi connectivity index (χ1) is 16.0. The van der Waals surface area contributed by atoms with Gasteiger partial charge in [0.15, 0.2) is 0 Å². The lowest BCUT2D eigenvalue weighted by Crippen LogP contribution is -2.36. The lowest BCUT2D eigenvalue weighted by molar-refractivity contribution is 0.112. The lowest BCUT2D eigenvalue weighted by atomic mass is 10.1. The summed E-state index contributed by atoms with van der Waals surface area (Å²) in [6.45, 7) is 2.88. The average Bonchev–Trinajstić information content (AvgIpc) is 3.29. The van der Waals surface area contributed by atoms with Crippen LogP contribution < -0.4 is 9.62 Å². The second-order valence-electron chi connectivity index (χ2n) is 7.62. The van der Waals surface area contributed by atoms with E-state index in [0.29, 0.717) is 30.8 Å². The highest BCUT2D eigenvalue weighted by Gasteiger charge is 2.18. The summed E-state index contributed by atoms with van der Waals surface area (Å²) in [6, 6.07) is 14.9. The van der Waals surface area contributed by atoms with Crippen molar-refractivity contribution in [2.75, 3.05) is 35.9 Å². The zero-order valence-electron chi connectivity index (χ0n) is 17.6. The maximum absolute atomic E-state index is 12.7. The summed E-state index contributed by atoms with van der Waals surface area (Å²) in [5, 5.41) is 0.925. The monoisotopic (exact) mass is 463 g/mol. The number of anilines is 2. The van der Waals surface area contributed by atoms with Crippen LogP contribution in [0.5, 0.6) is 0 Å². The number of aromatic amines is 1. The molecule has 168 valence electrons. The molecule has 0 radical (unpaired) electrons. The lowest BCUT2D eigenvalue weighted by Gasteiger charge is -2.27. The van der Waals surface area contributed by atoms with E-state index in [2.05, 4.69) is 24.6 Å². The molecule has 5 rings (SSSR count). The normalized spacial score (nSPS) is 14.4. The van der Waals surface area contributed by atoms with Gasteiger partial charge in [0.25, 0.3) is 10.0 Å². The number of benzene rings is 2. The molecule has 0 unspecified atom stereocenters. The highest BCUT2D eigenvalue weighted by molar-refractivity contribution is 7.92. The SMILES string of the molecule is O=Cc1cccc(S(=O)(=O)Nc2ccc(-c3cc4c(N5CCOCC5)ncnc4[nH]3)cc2)c1. The minimum atomic E-state index is -3.81. The van der Waals surface area contributed by atoms with Gasteiger partial charge < -0.3 is 14.6 Å². The molecule has 0 saturated carbocycles. The van der Waals surface area contributed by atoms with Crippen LogP contribution in [-0.2, 0) is 14.8 Å². The van der Waals surface area contributed by atoms with Crippen LogP contribution in [0.15, 0.2) is 65.8 Å². The topological polar surface area (TPSA) is 117 Å². The van der Waals surface area contributed by atoms with Crippen molar-refractivity contribution in [1.82, 2.24) is 15.0 Å². The molecule has 1 aliphatic rings. The molecule has 0 bridgehead atoms. The number of aromatic nitrogens is 3. The molecular weight excluding hydrogens is 442 g/mol. The number of sulfonamides is 1. The van der Waals surface area contributed by atoms with Gasteiger partial charge in [-0.25, -0.2) is 18.4 Å². The van der Waals surface area contributed by atoms with E-state index >= 15 is 0 Å². The average molecular weight is 464 g/mol. The first kappa shape index (κ1) is 21.1. The van der Waals surface area contributed by atoms with Crippen LogP contribution in [0.2, 0.25) is 0 Å². The van der Waals surface area contributed by atoms with Crippen LogP contribution in [0.1, 0.15) is 10.4 Å². The number of morpholine rings is 1. The summed E-state index contributed by atoms with van der Waals surface area (Å²) in [6.07, 6.45) is 2.16. The number of fused-ring (bicyclic) bond motifs is 1. The minimum absolute atomic E-state index is 0.0287. The van der Waals surface area contributed by atoms with Crippen molar-refractivity contribution in [3.63, 3.8) is 0 Å². The number of carbonyl (C=O) groups is 1. The van der Waals surface area contributed by atoms with Crippen LogP contribution in [0.4, 0.5) is 11.5 Å². The Kier molecular flexibility index (Phi) is 5.53. The zero-order valence-corrected chi connectivity index (χ0v) is 18.4. The summed E-state index contributed by atoms with van der Waals surface area (Å²) in [5.74, 6) is 0.868. The molecule has 1 fully saturated rings. The van der Waals surface area contributed by atoms with Crippen LogP contribution in [0.25, 0.3) is 22.3 Å². The van der Waals surface area contributed by atoms with Crippen molar-refractivity contribution in [1.29, 1.82) is 0 Å². The fourth-order valence-corrected chi connectivity index (χ4v) is 4.91. The van der Waals surface area contributed by atoms with Crippen molar-refractivity contribution < 1.29 is 17.9 Å². The first-order valence-electron chi connectivity index (χ1n) is 10.4. The fourth-order valence-electron chi connectivity index (χ4n) is 3.80. The molecule has 0 atom stereocenters. The van der Waals surface area contributed by atoms with Crippen molar-refractivity contribution in [3.05, 3.63) is 66.5 Å². The number of aldehydes is 1. The largest absolute Gasteiger partial charge is 0.378 e. The Hall–Kier alpha value is -3.76. The summed E-state index contributed by atoms with van der Waals surface area (Å²) in [4.78, 5) is 25.3. The number of H-pyrrole nitrogens is 1. The molecule has 0 spiro atoms.